The maximum absolute atomic E-state index is 11.7. The minimum absolute atomic E-state index is 0.275. The van der Waals surface area contributed by atoms with E-state index in [2.05, 4.69) is 27.6 Å². The molecule has 0 atom stereocenters. The van der Waals surface area contributed by atoms with E-state index in [1.54, 1.807) is 13.0 Å². The van der Waals surface area contributed by atoms with Gasteiger partial charge in [-0.3, -0.25) is 0 Å². The van der Waals surface area contributed by atoms with E-state index >= 15 is 0 Å². The third kappa shape index (κ3) is 2.97. The molecule has 0 spiro atoms. The van der Waals surface area contributed by atoms with Gasteiger partial charge in [0.25, 0.3) is 0 Å². The number of ether oxygens (including phenoxy) is 1. The molecule has 0 aliphatic carbocycles. The molecular weight excluding hydrogens is 355 g/mol. The van der Waals surface area contributed by atoms with Crippen molar-refractivity contribution in [2.24, 2.45) is 0 Å². The van der Waals surface area contributed by atoms with Gasteiger partial charge in [0.1, 0.15) is 9.53 Å². The third-order valence-electron chi connectivity index (χ3n) is 2.84. The van der Waals surface area contributed by atoms with Crippen LogP contribution in [-0.4, -0.2) is 22.1 Å². The first-order valence-electron chi connectivity index (χ1n) is 6.02. The Balaban J connectivity index is 2.39. The number of imidazole rings is 1. The highest BCUT2D eigenvalue weighted by atomic mass is 127. The molecule has 0 N–H and O–H groups in total. The zero-order valence-electron chi connectivity index (χ0n) is 11.1. The molecule has 0 saturated heterocycles. The molecule has 0 aliphatic heterocycles. The molecule has 2 rings (SSSR count). The van der Waals surface area contributed by atoms with Gasteiger partial charge in [-0.1, -0.05) is 0 Å². The lowest BCUT2D eigenvalue weighted by Crippen LogP contribution is -2.07. The molecule has 1 aromatic carbocycles. The Labute approximate surface area is 125 Å². The molecule has 1 heterocycles. The lowest BCUT2D eigenvalue weighted by molar-refractivity contribution is 0.0525. The van der Waals surface area contributed by atoms with Gasteiger partial charge in [0.2, 0.25) is 0 Å². The maximum atomic E-state index is 11.7. The normalized spacial score (nSPS) is 10.5. The monoisotopic (exact) mass is 370 g/mol. The number of halogens is 1. The van der Waals surface area contributed by atoms with E-state index in [0.29, 0.717) is 12.2 Å². The van der Waals surface area contributed by atoms with Crippen molar-refractivity contribution in [1.29, 1.82) is 0 Å². The molecule has 0 radical (unpaired) electrons. The fraction of sp³-hybridized carbons (Fsp3) is 0.286. The Morgan fingerprint density at radius 1 is 1.42 bits per heavy atom. The van der Waals surface area contributed by atoms with E-state index < -0.39 is 0 Å². The maximum Gasteiger partial charge on any atom is 0.338 e. The summed E-state index contributed by atoms with van der Waals surface area (Å²) in [5.41, 5.74) is 2.51. The smallest absolute Gasteiger partial charge is 0.338 e. The van der Waals surface area contributed by atoms with Crippen molar-refractivity contribution < 1.29 is 9.53 Å². The number of benzene rings is 1. The fourth-order valence-electron chi connectivity index (χ4n) is 1.93. The second-order valence-electron chi connectivity index (χ2n) is 4.20. The summed E-state index contributed by atoms with van der Waals surface area (Å²) in [6, 6.07) is 5.68. The van der Waals surface area contributed by atoms with Gasteiger partial charge in [-0.2, -0.15) is 0 Å². The van der Waals surface area contributed by atoms with Gasteiger partial charge in [-0.05, 0) is 67.1 Å². The molecule has 2 aromatic rings. The number of esters is 1. The van der Waals surface area contributed by atoms with Crippen LogP contribution in [0.25, 0.3) is 5.69 Å². The summed E-state index contributed by atoms with van der Waals surface area (Å²) in [4.78, 5) is 16.1. The summed E-state index contributed by atoms with van der Waals surface area (Å²) in [5.74, 6) is 0.649. The molecule has 0 bridgehead atoms. The molecule has 1 aromatic heterocycles. The van der Waals surface area contributed by atoms with Crippen molar-refractivity contribution in [2.45, 2.75) is 20.8 Å². The van der Waals surface area contributed by atoms with Crippen LogP contribution < -0.4 is 0 Å². The van der Waals surface area contributed by atoms with Crippen LogP contribution in [0.2, 0.25) is 0 Å². The zero-order chi connectivity index (χ0) is 14.0. The van der Waals surface area contributed by atoms with Crippen molar-refractivity contribution in [3.05, 3.63) is 45.0 Å². The Kier molecular flexibility index (Phi) is 4.24. The van der Waals surface area contributed by atoms with Crippen LogP contribution in [0.15, 0.2) is 24.4 Å². The number of aryl methyl sites for hydroxylation is 2. The highest BCUT2D eigenvalue weighted by Gasteiger charge is 2.11. The van der Waals surface area contributed by atoms with Gasteiger partial charge in [0.15, 0.2) is 0 Å². The first-order chi connectivity index (χ1) is 9.02. The fourth-order valence-corrected chi connectivity index (χ4v) is 2.56. The van der Waals surface area contributed by atoms with E-state index in [1.165, 1.54) is 0 Å². The lowest BCUT2D eigenvalue weighted by Gasteiger charge is -2.09. The average molecular weight is 370 g/mol. The second kappa shape index (κ2) is 5.73. The number of rotatable bonds is 3. The minimum atomic E-state index is -0.275. The molecule has 0 aliphatic rings. The molecule has 5 heteroatoms. The van der Waals surface area contributed by atoms with E-state index in [-0.39, 0.29) is 5.97 Å². The largest absolute Gasteiger partial charge is 0.462 e. The molecule has 0 fully saturated rings. The Hall–Kier alpha value is -1.37. The predicted octanol–water partition coefficient (Wildman–Crippen LogP) is 3.27. The van der Waals surface area contributed by atoms with Crippen LogP contribution in [0, 0.1) is 17.5 Å². The molecule has 0 unspecified atom stereocenters. The van der Waals surface area contributed by atoms with Crippen molar-refractivity contribution in [1.82, 2.24) is 9.55 Å². The Morgan fingerprint density at radius 3 is 2.68 bits per heavy atom. The summed E-state index contributed by atoms with van der Waals surface area (Å²) < 4.78 is 7.97. The second-order valence-corrected chi connectivity index (χ2v) is 5.31. The van der Waals surface area contributed by atoms with Crippen LogP contribution in [0.5, 0.6) is 0 Å². The predicted molar refractivity (Wildman–Crippen MR) is 81.7 cm³/mol. The standard InChI is InChI=1S/C14H15IN2O2/c1-4-19-14(18)12-6-5-11(7-9(12)2)17-8-13(15)16-10(17)3/h5-8H,4H2,1-3H3. The van der Waals surface area contributed by atoms with Crippen LogP contribution in [0.3, 0.4) is 0 Å². The Bertz CT molecular complexity index is 620. The molecular formula is C14H15IN2O2. The van der Waals surface area contributed by atoms with E-state index in [1.807, 2.05) is 36.7 Å². The summed E-state index contributed by atoms with van der Waals surface area (Å²) in [5, 5.41) is 0. The van der Waals surface area contributed by atoms with Crippen LogP contribution in [-0.2, 0) is 4.74 Å². The lowest BCUT2D eigenvalue weighted by atomic mass is 10.1. The van der Waals surface area contributed by atoms with Crippen LogP contribution in [0.1, 0.15) is 28.7 Å². The highest BCUT2D eigenvalue weighted by molar-refractivity contribution is 14.1. The van der Waals surface area contributed by atoms with E-state index in [9.17, 15) is 4.79 Å². The van der Waals surface area contributed by atoms with Gasteiger partial charge in [0.05, 0.1) is 12.2 Å². The topological polar surface area (TPSA) is 44.1 Å². The van der Waals surface area contributed by atoms with Gasteiger partial charge in [-0.15, -0.1) is 0 Å². The minimum Gasteiger partial charge on any atom is -0.462 e. The molecule has 0 saturated carbocycles. The molecule has 4 nitrogen and oxygen atoms in total. The number of nitrogens with zero attached hydrogens (tertiary/aromatic N) is 2. The van der Waals surface area contributed by atoms with Crippen molar-refractivity contribution >= 4 is 28.6 Å². The van der Waals surface area contributed by atoms with E-state index in [4.69, 9.17) is 4.74 Å². The molecule has 100 valence electrons. The van der Waals surface area contributed by atoms with E-state index in [0.717, 1.165) is 20.8 Å². The number of hydrogen-bond donors (Lipinski definition) is 0. The van der Waals surface area contributed by atoms with Crippen molar-refractivity contribution in [3.8, 4) is 5.69 Å². The van der Waals surface area contributed by atoms with Gasteiger partial charge < -0.3 is 9.30 Å². The number of carbonyl (C=O) groups excluding carboxylic acids is 1. The summed E-state index contributed by atoms with van der Waals surface area (Å²) in [6.07, 6.45) is 1.97. The summed E-state index contributed by atoms with van der Waals surface area (Å²) >= 11 is 2.18. The summed E-state index contributed by atoms with van der Waals surface area (Å²) in [6.45, 7) is 6.06. The molecule has 0 amide bonds. The SMILES string of the molecule is CCOC(=O)c1ccc(-n2cc(I)nc2C)cc1C. The van der Waals surface area contributed by atoms with Gasteiger partial charge >= 0.3 is 5.97 Å². The first-order valence-corrected chi connectivity index (χ1v) is 7.10. The molecule has 19 heavy (non-hydrogen) atoms. The van der Waals surface area contributed by atoms with Gasteiger partial charge in [0, 0.05) is 11.9 Å². The van der Waals surface area contributed by atoms with Gasteiger partial charge in [-0.25, -0.2) is 9.78 Å². The zero-order valence-corrected chi connectivity index (χ0v) is 13.3. The summed E-state index contributed by atoms with van der Waals surface area (Å²) in [7, 11) is 0. The highest BCUT2D eigenvalue weighted by Crippen LogP contribution is 2.18. The number of aromatic nitrogens is 2. The number of hydrogen-bond acceptors (Lipinski definition) is 3. The van der Waals surface area contributed by atoms with Crippen molar-refractivity contribution in [3.63, 3.8) is 0 Å². The quantitative estimate of drug-likeness (QED) is 0.615. The van der Waals surface area contributed by atoms with Crippen LogP contribution in [0.4, 0.5) is 0 Å². The average Bonchev–Trinajstić information content (AvgIpc) is 2.68. The Morgan fingerprint density at radius 2 is 2.16 bits per heavy atom. The van der Waals surface area contributed by atoms with Crippen molar-refractivity contribution in [2.75, 3.05) is 6.61 Å². The first kappa shape index (κ1) is 14.0. The third-order valence-corrected chi connectivity index (χ3v) is 3.36. The number of carbonyl (C=O) groups is 1. The van der Waals surface area contributed by atoms with Crippen LogP contribution >= 0.6 is 22.6 Å².